The van der Waals surface area contributed by atoms with Crippen LogP contribution in [0.4, 0.5) is 5.82 Å². The van der Waals surface area contributed by atoms with Crippen LogP contribution in [0, 0.1) is 5.92 Å². The molecule has 0 aromatic carbocycles. The third kappa shape index (κ3) is 1.76. The van der Waals surface area contributed by atoms with Gasteiger partial charge in [-0.25, -0.2) is 9.78 Å². The number of rotatable bonds is 2. The van der Waals surface area contributed by atoms with Crippen molar-refractivity contribution < 1.29 is 9.90 Å². The first-order chi connectivity index (χ1) is 8.15. The van der Waals surface area contributed by atoms with Crippen LogP contribution in [0.25, 0.3) is 0 Å². The molecular weight excluding hydrogens is 240 g/mol. The summed E-state index contributed by atoms with van der Waals surface area (Å²) in [6.45, 7) is 1.00. The van der Waals surface area contributed by atoms with E-state index in [-0.39, 0.29) is 5.56 Å². The molecule has 5 heteroatoms. The Morgan fingerprint density at radius 3 is 2.88 bits per heavy atom. The van der Waals surface area contributed by atoms with E-state index in [0.717, 1.165) is 18.3 Å². The third-order valence-corrected chi connectivity index (χ3v) is 4.03. The van der Waals surface area contributed by atoms with Gasteiger partial charge in [-0.1, -0.05) is 11.6 Å². The Kier molecular flexibility index (Phi) is 2.47. The maximum absolute atomic E-state index is 10.8. The van der Waals surface area contributed by atoms with Gasteiger partial charge in [0, 0.05) is 18.8 Å². The summed E-state index contributed by atoms with van der Waals surface area (Å²) in [6, 6.07) is 2.03. The van der Waals surface area contributed by atoms with Crippen molar-refractivity contribution >= 4 is 23.4 Å². The van der Waals surface area contributed by atoms with Gasteiger partial charge in [-0.2, -0.15) is 0 Å². The number of nitrogens with zero attached hydrogens (tertiary/aromatic N) is 2. The van der Waals surface area contributed by atoms with Crippen LogP contribution >= 0.6 is 11.6 Å². The van der Waals surface area contributed by atoms with Crippen molar-refractivity contribution in [1.29, 1.82) is 0 Å². The zero-order valence-corrected chi connectivity index (χ0v) is 10.0. The number of aromatic nitrogens is 1. The van der Waals surface area contributed by atoms with E-state index in [1.54, 1.807) is 0 Å². The van der Waals surface area contributed by atoms with Gasteiger partial charge in [-0.3, -0.25) is 0 Å². The smallest absolute Gasteiger partial charge is 0.337 e. The fourth-order valence-corrected chi connectivity index (χ4v) is 3.22. The minimum absolute atomic E-state index is 0.142. The third-order valence-electron chi connectivity index (χ3n) is 3.75. The Hall–Kier alpha value is -1.29. The van der Waals surface area contributed by atoms with Crippen LogP contribution < -0.4 is 4.90 Å². The molecule has 2 fully saturated rings. The van der Waals surface area contributed by atoms with Crippen LogP contribution in [0.15, 0.2) is 12.3 Å². The fraction of sp³-hybridized carbons (Fsp3) is 0.500. The predicted molar refractivity (Wildman–Crippen MR) is 64.7 cm³/mol. The summed E-state index contributed by atoms with van der Waals surface area (Å²) in [5.74, 6) is 0.509. The molecule has 0 amide bonds. The van der Waals surface area contributed by atoms with Crippen molar-refractivity contribution in [1.82, 2.24) is 4.98 Å². The molecule has 2 atom stereocenters. The molecule has 0 radical (unpaired) electrons. The average molecular weight is 253 g/mol. The molecule has 0 spiro atoms. The molecule has 2 unspecified atom stereocenters. The maximum atomic E-state index is 10.8. The molecular formula is C12H13ClN2O2. The maximum Gasteiger partial charge on any atom is 0.337 e. The molecule has 1 aliphatic heterocycles. The van der Waals surface area contributed by atoms with Gasteiger partial charge in [0.15, 0.2) is 0 Å². The number of fused-ring (bicyclic) bond motifs is 2. The number of piperidine rings is 1. The standard InChI is InChI=1S/C12H13ClN2O2/c13-10-4-8(12(16)17)5-14-11(10)15-6-7-1-2-9(15)3-7/h4-5,7,9H,1-3,6H2,(H,16,17). The second kappa shape index (κ2) is 3.88. The molecule has 17 heavy (non-hydrogen) atoms. The van der Waals surface area contributed by atoms with E-state index in [4.69, 9.17) is 16.7 Å². The Balaban J connectivity index is 1.91. The van der Waals surface area contributed by atoms with Crippen LogP contribution in [0.2, 0.25) is 5.02 Å². The van der Waals surface area contributed by atoms with Crippen molar-refractivity contribution in [2.75, 3.05) is 11.4 Å². The lowest BCUT2D eigenvalue weighted by molar-refractivity contribution is 0.0696. The van der Waals surface area contributed by atoms with Crippen LogP contribution in [0.3, 0.4) is 0 Å². The topological polar surface area (TPSA) is 53.4 Å². The van der Waals surface area contributed by atoms with Crippen LogP contribution in [-0.2, 0) is 0 Å². The monoisotopic (exact) mass is 252 g/mol. The largest absolute Gasteiger partial charge is 0.478 e. The summed E-state index contributed by atoms with van der Waals surface area (Å²) in [4.78, 5) is 17.2. The van der Waals surface area contributed by atoms with E-state index in [0.29, 0.717) is 11.1 Å². The minimum atomic E-state index is -0.992. The first kappa shape index (κ1) is 10.8. The highest BCUT2D eigenvalue weighted by Gasteiger charge is 2.39. The van der Waals surface area contributed by atoms with Gasteiger partial charge in [0.05, 0.1) is 10.6 Å². The number of carboxylic acid groups (broad SMARTS) is 1. The van der Waals surface area contributed by atoms with E-state index in [1.807, 2.05) is 0 Å². The molecule has 2 heterocycles. The molecule has 1 saturated carbocycles. The van der Waals surface area contributed by atoms with Gasteiger partial charge in [-0.15, -0.1) is 0 Å². The number of carboxylic acids is 1. The van der Waals surface area contributed by atoms with Gasteiger partial charge in [0.2, 0.25) is 0 Å². The summed E-state index contributed by atoms with van der Waals surface area (Å²) in [6.07, 6.45) is 5.10. The summed E-state index contributed by atoms with van der Waals surface area (Å²) in [7, 11) is 0. The summed E-state index contributed by atoms with van der Waals surface area (Å²) < 4.78 is 0. The highest BCUT2D eigenvalue weighted by Crippen LogP contribution is 2.41. The summed E-state index contributed by atoms with van der Waals surface area (Å²) in [5.41, 5.74) is 0.142. The SMILES string of the molecule is O=C(O)c1cnc(N2CC3CCC2C3)c(Cl)c1. The second-order valence-electron chi connectivity index (χ2n) is 4.82. The lowest BCUT2D eigenvalue weighted by Gasteiger charge is -2.28. The Bertz CT molecular complexity index is 478. The van der Waals surface area contributed by atoms with Crippen LogP contribution in [-0.4, -0.2) is 28.6 Å². The van der Waals surface area contributed by atoms with E-state index >= 15 is 0 Å². The van der Waals surface area contributed by atoms with Gasteiger partial charge in [0.1, 0.15) is 5.82 Å². The van der Waals surface area contributed by atoms with Crippen molar-refractivity contribution in [3.63, 3.8) is 0 Å². The summed E-state index contributed by atoms with van der Waals surface area (Å²) in [5, 5.41) is 9.30. The van der Waals surface area contributed by atoms with Crippen molar-refractivity contribution in [3.8, 4) is 0 Å². The number of aromatic carboxylic acids is 1. The number of halogens is 1. The molecule has 1 N–H and O–H groups in total. The normalized spacial score (nSPS) is 26.5. The van der Waals surface area contributed by atoms with E-state index in [9.17, 15) is 4.79 Å². The van der Waals surface area contributed by atoms with Gasteiger partial charge < -0.3 is 10.0 Å². The quantitative estimate of drug-likeness (QED) is 0.878. The molecule has 3 rings (SSSR count). The molecule has 1 aromatic heterocycles. The van der Waals surface area contributed by atoms with Gasteiger partial charge >= 0.3 is 5.97 Å². The van der Waals surface area contributed by atoms with Crippen LogP contribution in [0.5, 0.6) is 0 Å². The first-order valence-corrected chi connectivity index (χ1v) is 6.18. The number of carbonyl (C=O) groups is 1. The average Bonchev–Trinajstić information content (AvgIpc) is 2.90. The van der Waals surface area contributed by atoms with Gasteiger partial charge in [0.25, 0.3) is 0 Å². The lowest BCUT2D eigenvalue weighted by Crippen LogP contribution is -2.32. The highest BCUT2D eigenvalue weighted by molar-refractivity contribution is 6.33. The van der Waals surface area contributed by atoms with Gasteiger partial charge in [-0.05, 0) is 31.2 Å². The van der Waals surface area contributed by atoms with E-state index < -0.39 is 5.97 Å². The Labute approximate surface area is 104 Å². The first-order valence-electron chi connectivity index (χ1n) is 5.80. The number of pyridine rings is 1. The van der Waals surface area contributed by atoms with Crippen molar-refractivity contribution in [2.24, 2.45) is 5.92 Å². The van der Waals surface area contributed by atoms with E-state index in [1.165, 1.54) is 31.5 Å². The second-order valence-corrected chi connectivity index (χ2v) is 5.23. The zero-order valence-electron chi connectivity index (χ0n) is 9.27. The molecule has 2 bridgehead atoms. The lowest BCUT2D eigenvalue weighted by atomic mass is 10.1. The highest BCUT2D eigenvalue weighted by atomic mass is 35.5. The Morgan fingerprint density at radius 2 is 2.35 bits per heavy atom. The van der Waals surface area contributed by atoms with Crippen molar-refractivity contribution in [2.45, 2.75) is 25.3 Å². The zero-order chi connectivity index (χ0) is 12.0. The number of hydrogen-bond donors (Lipinski definition) is 1. The van der Waals surface area contributed by atoms with E-state index in [2.05, 4.69) is 9.88 Å². The molecule has 90 valence electrons. The summed E-state index contributed by atoms with van der Waals surface area (Å²) >= 11 is 6.12. The number of anilines is 1. The molecule has 1 aromatic rings. The van der Waals surface area contributed by atoms with Crippen molar-refractivity contribution in [3.05, 3.63) is 22.8 Å². The fourth-order valence-electron chi connectivity index (χ4n) is 2.94. The van der Waals surface area contributed by atoms with Crippen LogP contribution in [0.1, 0.15) is 29.6 Å². The number of hydrogen-bond acceptors (Lipinski definition) is 3. The molecule has 4 nitrogen and oxygen atoms in total. The molecule has 1 saturated heterocycles. The minimum Gasteiger partial charge on any atom is -0.478 e. The Morgan fingerprint density at radius 1 is 1.53 bits per heavy atom. The predicted octanol–water partition coefficient (Wildman–Crippen LogP) is 2.42. The molecule has 1 aliphatic carbocycles. The molecule has 2 aliphatic rings.